The van der Waals surface area contributed by atoms with Gasteiger partial charge in [0.15, 0.2) is 0 Å². The van der Waals surface area contributed by atoms with E-state index in [4.69, 9.17) is 16.3 Å². The Kier molecular flexibility index (Phi) is 6.68. The van der Waals surface area contributed by atoms with Crippen LogP contribution in [-0.4, -0.2) is 16.8 Å². The van der Waals surface area contributed by atoms with Gasteiger partial charge in [-0.1, -0.05) is 48.9 Å². The first kappa shape index (κ1) is 19.4. The summed E-state index contributed by atoms with van der Waals surface area (Å²) in [7, 11) is 0. The lowest BCUT2D eigenvalue weighted by Gasteiger charge is -2.18. The molecule has 0 aliphatic heterocycles. The van der Waals surface area contributed by atoms with E-state index in [9.17, 15) is 19.7 Å². The van der Waals surface area contributed by atoms with Crippen LogP contribution in [0.15, 0.2) is 48.5 Å². The zero-order valence-corrected chi connectivity index (χ0v) is 14.7. The molecular weight excluding hydrogens is 360 g/mol. The molecular formula is C18H17ClN2O5. The highest BCUT2D eigenvalue weighted by molar-refractivity contribution is 6.34. The zero-order valence-electron chi connectivity index (χ0n) is 14.0. The fourth-order valence-electron chi connectivity index (χ4n) is 2.21. The summed E-state index contributed by atoms with van der Waals surface area (Å²) in [6.07, 6.45) is -0.369. The highest BCUT2D eigenvalue weighted by Gasteiger charge is 2.25. The van der Waals surface area contributed by atoms with Gasteiger partial charge in [-0.25, -0.2) is 0 Å². The standard InChI is InChI=1S/C18H17ClN2O5/c1-2-6-16(22)26-17(12-7-4-3-5-8-12)18(23)20-15-10-9-13(21(24)25)11-14(15)19/h3-5,7-11,17H,2,6H2,1H3,(H,20,23). The van der Waals surface area contributed by atoms with E-state index in [0.29, 0.717) is 12.0 Å². The van der Waals surface area contributed by atoms with Crippen LogP contribution in [-0.2, 0) is 14.3 Å². The number of rotatable bonds is 7. The number of esters is 1. The van der Waals surface area contributed by atoms with Crippen LogP contribution in [0.25, 0.3) is 0 Å². The second-order valence-electron chi connectivity index (χ2n) is 5.44. The number of carbonyl (C=O) groups is 2. The number of hydrogen-bond acceptors (Lipinski definition) is 5. The topological polar surface area (TPSA) is 98.5 Å². The van der Waals surface area contributed by atoms with E-state index in [1.54, 1.807) is 30.3 Å². The third-order valence-corrected chi connectivity index (χ3v) is 3.78. The summed E-state index contributed by atoms with van der Waals surface area (Å²) < 4.78 is 5.31. The van der Waals surface area contributed by atoms with E-state index < -0.39 is 22.9 Å². The van der Waals surface area contributed by atoms with Crippen molar-refractivity contribution in [2.45, 2.75) is 25.9 Å². The molecule has 0 fully saturated rings. The molecule has 0 bridgehead atoms. The lowest BCUT2D eigenvalue weighted by atomic mass is 10.1. The summed E-state index contributed by atoms with van der Waals surface area (Å²) >= 11 is 6.00. The third-order valence-electron chi connectivity index (χ3n) is 3.47. The number of non-ortho nitro benzene ring substituents is 1. The number of anilines is 1. The normalized spacial score (nSPS) is 11.5. The summed E-state index contributed by atoms with van der Waals surface area (Å²) in [5.74, 6) is -1.09. The Morgan fingerprint density at radius 3 is 2.50 bits per heavy atom. The molecule has 0 saturated heterocycles. The highest BCUT2D eigenvalue weighted by atomic mass is 35.5. The molecule has 1 unspecified atom stereocenters. The number of ether oxygens (including phenoxy) is 1. The summed E-state index contributed by atoms with van der Waals surface area (Å²) in [6, 6.07) is 12.2. The third kappa shape index (κ3) is 5.03. The van der Waals surface area contributed by atoms with E-state index in [2.05, 4.69) is 5.32 Å². The van der Waals surface area contributed by atoms with Gasteiger partial charge in [0.05, 0.1) is 15.6 Å². The summed E-state index contributed by atoms with van der Waals surface area (Å²) in [5, 5.41) is 13.3. The van der Waals surface area contributed by atoms with E-state index in [1.165, 1.54) is 12.1 Å². The summed E-state index contributed by atoms with van der Waals surface area (Å²) in [5.41, 5.74) is 0.504. The minimum atomic E-state index is -1.15. The maximum absolute atomic E-state index is 12.6. The predicted molar refractivity (Wildman–Crippen MR) is 96.9 cm³/mol. The number of benzene rings is 2. The van der Waals surface area contributed by atoms with E-state index >= 15 is 0 Å². The Labute approximate surface area is 155 Å². The molecule has 136 valence electrons. The van der Waals surface area contributed by atoms with Crippen LogP contribution in [0.4, 0.5) is 11.4 Å². The first-order chi connectivity index (χ1) is 12.4. The van der Waals surface area contributed by atoms with E-state index in [0.717, 1.165) is 6.07 Å². The molecule has 0 spiro atoms. The summed E-state index contributed by atoms with van der Waals surface area (Å²) in [4.78, 5) is 34.7. The number of nitrogens with one attached hydrogen (secondary N) is 1. The van der Waals surface area contributed by atoms with Crippen molar-refractivity contribution < 1.29 is 19.2 Å². The Hall–Kier alpha value is -2.93. The molecule has 2 rings (SSSR count). The first-order valence-electron chi connectivity index (χ1n) is 7.91. The van der Waals surface area contributed by atoms with Crippen LogP contribution in [0, 0.1) is 10.1 Å². The number of halogens is 1. The molecule has 0 heterocycles. The molecule has 2 aromatic rings. The average molecular weight is 377 g/mol. The molecule has 0 aliphatic rings. The van der Waals surface area contributed by atoms with Crippen molar-refractivity contribution in [1.29, 1.82) is 0 Å². The summed E-state index contributed by atoms with van der Waals surface area (Å²) in [6.45, 7) is 1.83. The molecule has 0 aromatic heterocycles. The van der Waals surface area contributed by atoms with Gasteiger partial charge in [0.25, 0.3) is 11.6 Å². The second kappa shape index (κ2) is 8.96. The number of hydrogen-bond donors (Lipinski definition) is 1. The minimum Gasteiger partial charge on any atom is -0.447 e. The van der Waals surface area contributed by atoms with Crippen molar-refractivity contribution >= 4 is 34.9 Å². The van der Waals surface area contributed by atoms with Gasteiger partial charge in [-0.3, -0.25) is 19.7 Å². The van der Waals surface area contributed by atoms with Crippen LogP contribution in [0.5, 0.6) is 0 Å². The second-order valence-corrected chi connectivity index (χ2v) is 5.85. The molecule has 26 heavy (non-hydrogen) atoms. The van der Waals surface area contributed by atoms with E-state index in [1.807, 2.05) is 6.92 Å². The molecule has 8 heteroatoms. The molecule has 0 saturated carbocycles. The predicted octanol–water partition coefficient (Wildman–Crippen LogP) is 4.27. The number of nitrogens with zero attached hydrogens (tertiary/aromatic N) is 1. The Morgan fingerprint density at radius 1 is 1.23 bits per heavy atom. The van der Waals surface area contributed by atoms with Crippen LogP contribution >= 0.6 is 11.6 Å². The monoisotopic (exact) mass is 376 g/mol. The van der Waals surface area contributed by atoms with Gasteiger partial charge in [-0.05, 0) is 12.5 Å². The van der Waals surface area contributed by atoms with Crippen LogP contribution < -0.4 is 5.32 Å². The number of nitro groups is 1. The molecule has 0 aliphatic carbocycles. The molecule has 1 N–H and O–H groups in total. The lowest BCUT2D eigenvalue weighted by molar-refractivity contribution is -0.384. The first-order valence-corrected chi connectivity index (χ1v) is 8.29. The van der Waals surface area contributed by atoms with Gasteiger partial charge in [-0.2, -0.15) is 0 Å². The maximum Gasteiger partial charge on any atom is 0.306 e. The van der Waals surface area contributed by atoms with E-state index in [-0.39, 0.29) is 22.8 Å². The maximum atomic E-state index is 12.6. The van der Waals surface area contributed by atoms with Crippen molar-refractivity contribution in [3.8, 4) is 0 Å². The quantitative estimate of drug-likeness (QED) is 0.442. The molecule has 1 amide bonds. The molecule has 0 radical (unpaired) electrons. The minimum absolute atomic E-state index is 0.0132. The lowest BCUT2D eigenvalue weighted by Crippen LogP contribution is -2.26. The molecule has 7 nitrogen and oxygen atoms in total. The van der Waals surface area contributed by atoms with Gasteiger partial charge in [-0.15, -0.1) is 0 Å². The number of nitro benzene ring substituents is 1. The Morgan fingerprint density at radius 2 is 1.92 bits per heavy atom. The largest absolute Gasteiger partial charge is 0.447 e. The van der Waals surface area contributed by atoms with Gasteiger partial charge in [0.2, 0.25) is 6.10 Å². The van der Waals surface area contributed by atoms with Gasteiger partial charge < -0.3 is 10.1 Å². The van der Waals surface area contributed by atoms with Crippen molar-refractivity contribution in [3.05, 3.63) is 69.2 Å². The highest BCUT2D eigenvalue weighted by Crippen LogP contribution is 2.28. The SMILES string of the molecule is CCCC(=O)OC(C(=O)Nc1ccc([N+](=O)[O-])cc1Cl)c1ccccc1. The fourth-order valence-corrected chi connectivity index (χ4v) is 2.43. The van der Waals surface area contributed by atoms with Crippen LogP contribution in [0.3, 0.4) is 0 Å². The zero-order chi connectivity index (χ0) is 19.1. The van der Waals surface area contributed by atoms with Crippen molar-refractivity contribution in [1.82, 2.24) is 0 Å². The van der Waals surface area contributed by atoms with Crippen LogP contribution in [0.2, 0.25) is 5.02 Å². The number of carbonyl (C=O) groups excluding carboxylic acids is 2. The smallest absolute Gasteiger partial charge is 0.306 e. The van der Waals surface area contributed by atoms with Gasteiger partial charge in [0.1, 0.15) is 0 Å². The average Bonchev–Trinajstić information content (AvgIpc) is 2.62. The van der Waals surface area contributed by atoms with Gasteiger partial charge >= 0.3 is 5.97 Å². The van der Waals surface area contributed by atoms with Crippen molar-refractivity contribution in [2.75, 3.05) is 5.32 Å². The fraction of sp³-hybridized carbons (Fsp3) is 0.222. The van der Waals surface area contributed by atoms with Crippen molar-refractivity contribution in [2.24, 2.45) is 0 Å². The number of amides is 1. The Balaban J connectivity index is 2.23. The van der Waals surface area contributed by atoms with Gasteiger partial charge in [0, 0.05) is 24.1 Å². The van der Waals surface area contributed by atoms with Crippen LogP contribution in [0.1, 0.15) is 31.4 Å². The van der Waals surface area contributed by atoms with Crippen molar-refractivity contribution in [3.63, 3.8) is 0 Å². The Bertz CT molecular complexity index is 810. The molecule has 1 atom stereocenters. The molecule has 2 aromatic carbocycles.